The molecule has 158 valence electrons. The van der Waals surface area contributed by atoms with Gasteiger partial charge in [0, 0.05) is 16.5 Å². The third-order valence-corrected chi connectivity index (χ3v) is 5.41. The molecule has 3 aromatic rings. The molecule has 30 heavy (non-hydrogen) atoms. The molecule has 1 aromatic heterocycles. The van der Waals surface area contributed by atoms with Gasteiger partial charge >= 0.3 is 5.97 Å². The maximum Gasteiger partial charge on any atom is 0.308 e. The molecule has 1 heterocycles. The standard InChI is InChI=1S/C25H28ClNO3/c1-3-18(25(28)29-4-2)9-7-8-16-30-24-17-22(19-12-14-20(26)15-13-19)21-10-5-6-11-23(21)27-24/h5-6,10-15,17-18H,3-4,7-9,16H2,1-2H3. The number of para-hydroxylation sites is 1. The molecule has 0 saturated carbocycles. The molecular formula is C25H28ClNO3. The number of ether oxygens (including phenoxy) is 2. The fourth-order valence-electron chi connectivity index (χ4n) is 3.51. The van der Waals surface area contributed by atoms with Crippen LogP contribution in [0.1, 0.15) is 39.5 Å². The van der Waals surface area contributed by atoms with Crippen molar-refractivity contribution in [2.45, 2.75) is 39.5 Å². The summed E-state index contributed by atoms with van der Waals surface area (Å²) >= 11 is 6.05. The smallest absolute Gasteiger partial charge is 0.308 e. The Morgan fingerprint density at radius 1 is 1.07 bits per heavy atom. The van der Waals surface area contributed by atoms with Gasteiger partial charge in [-0.25, -0.2) is 4.98 Å². The number of esters is 1. The highest BCUT2D eigenvalue weighted by molar-refractivity contribution is 6.30. The Labute approximate surface area is 183 Å². The Morgan fingerprint density at radius 2 is 1.83 bits per heavy atom. The van der Waals surface area contributed by atoms with Crippen molar-refractivity contribution in [1.82, 2.24) is 4.98 Å². The van der Waals surface area contributed by atoms with E-state index in [2.05, 4.69) is 11.1 Å². The van der Waals surface area contributed by atoms with Gasteiger partial charge < -0.3 is 9.47 Å². The monoisotopic (exact) mass is 425 g/mol. The first-order chi connectivity index (χ1) is 14.6. The predicted molar refractivity (Wildman–Crippen MR) is 122 cm³/mol. The van der Waals surface area contributed by atoms with Crippen molar-refractivity contribution in [3.8, 4) is 17.0 Å². The average molecular weight is 426 g/mol. The first-order valence-electron chi connectivity index (χ1n) is 10.6. The maximum atomic E-state index is 11.9. The minimum absolute atomic E-state index is 0.0275. The predicted octanol–water partition coefficient (Wildman–Crippen LogP) is 6.69. The normalized spacial score (nSPS) is 12.0. The molecule has 0 fully saturated rings. The fourth-order valence-corrected chi connectivity index (χ4v) is 3.64. The molecule has 0 amide bonds. The van der Waals surface area contributed by atoms with E-state index >= 15 is 0 Å². The van der Waals surface area contributed by atoms with Crippen molar-refractivity contribution in [3.05, 3.63) is 59.6 Å². The summed E-state index contributed by atoms with van der Waals surface area (Å²) in [6, 6.07) is 17.8. The van der Waals surface area contributed by atoms with Crippen LogP contribution in [0.5, 0.6) is 5.88 Å². The Hall–Kier alpha value is -2.59. The van der Waals surface area contributed by atoms with Crippen LogP contribution in [0.4, 0.5) is 0 Å². The largest absolute Gasteiger partial charge is 0.478 e. The molecule has 0 spiro atoms. The van der Waals surface area contributed by atoms with Gasteiger partial charge in [-0.15, -0.1) is 0 Å². The third kappa shape index (κ3) is 5.73. The minimum Gasteiger partial charge on any atom is -0.478 e. The number of nitrogens with zero attached hydrogens (tertiary/aromatic N) is 1. The lowest BCUT2D eigenvalue weighted by Gasteiger charge is -2.14. The van der Waals surface area contributed by atoms with Gasteiger partial charge in [-0.3, -0.25) is 4.79 Å². The van der Waals surface area contributed by atoms with Gasteiger partial charge in [-0.1, -0.05) is 48.9 Å². The number of hydrogen-bond donors (Lipinski definition) is 0. The number of pyridine rings is 1. The highest BCUT2D eigenvalue weighted by Gasteiger charge is 2.17. The van der Waals surface area contributed by atoms with Crippen LogP contribution in [-0.4, -0.2) is 24.2 Å². The van der Waals surface area contributed by atoms with E-state index in [1.165, 1.54) is 0 Å². The van der Waals surface area contributed by atoms with Crippen LogP contribution in [-0.2, 0) is 9.53 Å². The van der Waals surface area contributed by atoms with E-state index in [4.69, 9.17) is 21.1 Å². The number of rotatable bonds is 10. The number of fused-ring (bicyclic) bond motifs is 1. The minimum atomic E-state index is -0.0929. The van der Waals surface area contributed by atoms with Crippen molar-refractivity contribution in [2.24, 2.45) is 5.92 Å². The second kappa shape index (κ2) is 11.0. The zero-order valence-electron chi connectivity index (χ0n) is 17.6. The SMILES string of the molecule is CCOC(=O)C(CC)CCCCOc1cc(-c2ccc(Cl)cc2)c2ccccc2n1. The molecule has 0 N–H and O–H groups in total. The first kappa shape index (κ1) is 22.1. The molecule has 0 aliphatic heterocycles. The second-order valence-corrected chi connectivity index (χ2v) is 7.67. The molecule has 1 atom stereocenters. The summed E-state index contributed by atoms with van der Waals surface area (Å²) in [5.41, 5.74) is 3.04. The number of carbonyl (C=O) groups excluding carboxylic acids is 1. The number of halogens is 1. The molecule has 4 nitrogen and oxygen atoms in total. The van der Waals surface area contributed by atoms with E-state index in [0.29, 0.717) is 24.1 Å². The van der Waals surface area contributed by atoms with Crippen LogP contribution < -0.4 is 4.74 Å². The van der Waals surface area contributed by atoms with Crippen molar-refractivity contribution in [2.75, 3.05) is 13.2 Å². The lowest BCUT2D eigenvalue weighted by Crippen LogP contribution is -2.17. The molecule has 0 aliphatic carbocycles. The molecule has 1 unspecified atom stereocenters. The van der Waals surface area contributed by atoms with Gasteiger partial charge in [0.15, 0.2) is 0 Å². The van der Waals surface area contributed by atoms with Crippen LogP contribution >= 0.6 is 11.6 Å². The lowest BCUT2D eigenvalue weighted by atomic mass is 9.99. The molecule has 0 aliphatic rings. The second-order valence-electron chi connectivity index (χ2n) is 7.23. The molecule has 5 heteroatoms. The summed E-state index contributed by atoms with van der Waals surface area (Å²) in [6.07, 6.45) is 3.39. The van der Waals surface area contributed by atoms with Crippen molar-refractivity contribution in [3.63, 3.8) is 0 Å². The fraction of sp³-hybridized carbons (Fsp3) is 0.360. The lowest BCUT2D eigenvalue weighted by molar-refractivity contribution is -0.148. The number of unbranched alkanes of at least 4 members (excludes halogenated alkanes) is 1. The number of carbonyl (C=O) groups is 1. The topological polar surface area (TPSA) is 48.4 Å². The van der Waals surface area contributed by atoms with E-state index < -0.39 is 0 Å². The summed E-state index contributed by atoms with van der Waals surface area (Å²) in [6.45, 7) is 4.86. The van der Waals surface area contributed by atoms with Gasteiger partial charge in [0.05, 0.1) is 24.6 Å². The Balaban J connectivity index is 1.65. The van der Waals surface area contributed by atoms with Crippen LogP contribution in [0.15, 0.2) is 54.6 Å². The number of benzene rings is 2. The Kier molecular flexibility index (Phi) is 8.09. The number of hydrogen-bond acceptors (Lipinski definition) is 4. The Bertz CT molecular complexity index is 972. The van der Waals surface area contributed by atoms with Gasteiger partial charge in [-0.05, 0) is 61.9 Å². The third-order valence-electron chi connectivity index (χ3n) is 5.16. The average Bonchev–Trinajstić information content (AvgIpc) is 2.76. The van der Waals surface area contributed by atoms with E-state index in [1.807, 2.05) is 62.4 Å². The molecule has 0 saturated heterocycles. The summed E-state index contributed by atoms with van der Waals surface area (Å²) in [7, 11) is 0. The van der Waals surface area contributed by atoms with E-state index in [1.54, 1.807) is 0 Å². The number of aromatic nitrogens is 1. The highest BCUT2D eigenvalue weighted by Crippen LogP contribution is 2.31. The van der Waals surface area contributed by atoms with E-state index in [-0.39, 0.29) is 11.9 Å². The van der Waals surface area contributed by atoms with Gasteiger partial charge in [0.25, 0.3) is 0 Å². The maximum absolute atomic E-state index is 11.9. The van der Waals surface area contributed by atoms with Crippen molar-refractivity contribution < 1.29 is 14.3 Å². The zero-order valence-corrected chi connectivity index (χ0v) is 18.3. The van der Waals surface area contributed by atoms with Gasteiger partial charge in [0.2, 0.25) is 5.88 Å². The summed E-state index contributed by atoms with van der Waals surface area (Å²) < 4.78 is 11.1. The molecule has 2 aromatic carbocycles. The quantitative estimate of drug-likeness (QED) is 0.268. The van der Waals surface area contributed by atoms with E-state index in [9.17, 15) is 4.79 Å². The van der Waals surface area contributed by atoms with Gasteiger partial charge in [0.1, 0.15) is 0 Å². The summed E-state index contributed by atoms with van der Waals surface area (Å²) in [5, 5.41) is 1.79. The summed E-state index contributed by atoms with van der Waals surface area (Å²) in [4.78, 5) is 16.6. The molecule has 3 rings (SSSR count). The zero-order chi connectivity index (χ0) is 21.3. The highest BCUT2D eigenvalue weighted by atomic mass is 35.5. The molecule has 0 bridgehead atoms. The van der Waals surface area contributed by atoms with Crippen LogP contribution in [0.3, 0.4) is 0 Å². The first-order valence-corrected chi connectivity index (χ1v) is 10.9. The Morgan fingerprint density at radius 3 is 2.57 bits per heavy atom. The molecule has 0 radical (unpaired) electrons. The van der Waals surface area contributed by atoms with Crippen LogP contribution in [0.25, 0.3) is 22.0 Å². The van der Waals surface area contributed by atoms with Gasteiger partial charge in [-0.2, -0.15) is 0 Å². The van der Waals surface area contributed by atoms with Crippen LogP contribution in [0, 0.1) is 5.92 Å². The summed E-state index contributed by atoms with van der Waals surface area (Å²) in [5.74, 6) is 0.487. The molecular weight excluding hydrogens is 398 g/mol. The van der Waals surface area contributed by atoms with Crippen molar-refractivity contribution in [1.29, 1.82) is 0 Å². The van der Waals surface area contributed by atoms with Crippen LogP contribution in [0.2, 0.25) is 5.02 Å². The van der Waals surface area contributed by atoms with E-state index in [0.717, 1.165) is 47.7 Å². The van der Waals surface area contributed by atoms with Crippen molar-refractivity contribution >= 4 is 28.5 Å².